The molecular weight excluding hydrogens is 365 g/mol. The van der Waals surface area contributed by atoms with Crippen molar-refractivity contribution in [3.05, 3.63) is 0 Å². The second kappa shape index (κ2) is 9.07. The largest absolute Gasteiger partial charge is 0.385 e. The number of nitrogens with two attached hydrogens (primary N) is 1. The van der Waals surface area contributed by atoms with Crippen LogP contribution in [0.15, 0.2) is 4.99 Å². The van der Waals surface area contributed by atoms with Gasteiger partial charge in [0.15, 0.2) is 5.96 Å². The Morgan fingerprint density at radius 2 is 2.00 bits per heavy atom. The van der Waals surface area contributed by atoms with E-state index in [0.717, 1.165) is 32.0 Å². The Kier molecular flexibility index (Phi) is 8.17. The van der Waals surface area contributed by atoms with Gasteiger partial charge in [0.05, 0.1) is 0 Å². The molecule has 2 aliphatic carbocycles. The summed E-state index contributed by atoms with van der Waals surface area (Å²) in [4.78, 5) is 4.59. The van der Waals surface area contributed by atoms with Crippen LogP contribution in [0.3, 0.4) is 0 Å². The number of nitrogens with one attached hydrogen (secondary N) is 1. The van der Waals surface area contributed by atoms with Gasteiger partial charge in [-0.05, 0) is 43.4 Å². The van der Waals surface area contributed by atoms with Crippen LogP contribution >= 0.6 is 24.0 Å². The van der Waals surface area contributed by atoms with Crippen molar-refractivity contribution < 1.29 is 4.74 Å². The SMILES string of the molecule is COCCC1(CN=C(N)NCC2CCC2)CCCC1.I. The molecule has 0 aromatic carbocycles. The maximum Gasteiger partial charge on any atom is 0.188 e. The van der Waals surface area contributed by atoms with Crippen LogP contribution in [0.25, 0.3) is 0 Å². The summed E-state index contributed by atoms with van der Waals surface area (Å²) >= 11 is 0. The molecule has 3 N–H and O–H groups in total. The van der Waals surface area contributed by atoms with E-state index in [1.54, 1.807) is 7.11 Å². The predicted octanol–water partition coefficient (Wildman–Crippen LogP) is 2.91. The summed E-state index contributed by atoms with van der Waals surface area (Å²) in [5.41, 5.74) is 6.32. The molecule has 0 atom stereocenters. The number of hydrogen-bond donors (Lipinski definition) is 2. The molecule has 0 heterocycles. The molecule has 2 saturated carbocycles. The first kappa shape index (κ1) is 18.0. The lowest BCUT2D eigenvalue weighted by atomic mass is 9.83. The Balaban J connectivity index is 0.00000200. The lowest BCUT2D eigenvalue weighted by Gasteiger charge is -2.28. The smallest absolute Gasteiger partial charge is 0.188 e. The zero-order chi connectivity index (χ0) is 13.6. The third-order valence-electron chi connectivity index (χ3n) is 4.88. The Morgan fingerprint density at radius 3 is 2.55 bits per heavy atom. The van der Waals surface area contributed by atoms with Crippen molar-refractivity contribution >= 4 is 29.9 Å². The molecule has 118 valence electrons. The van der Waals surface area contributed by atoms with Crippen molar-refractivity contribution in [1.29, 1.82) is 0 Å². The molecule has 5 heteroatoms. The third kappa shape index (κ3) is 5.39. The number of aliphatic imine (C=N–C) groups is 1. The molecule has 0 aromatic rings. The van der Waals surface area contributed by atoms with E-state index in [1.165, 1.54) is 44.9 Å². The molecule has 0 aliphatic heterocycles. The highest BCUT2D eigenvalue weighted by atomic mass is 127. The summed E-state index contributed by atoms with van der Waals surface area (Å²) in [7, 11) is 1.78. The minimum Gasteiger partial charge on any atom is -0.385 e. The first-order chi connectivity index (χ1) is 9.24. The Hall–Kier alpha value is -0.0400. The van der Waals surface area contributed by atoms with E-state index >= 15 is 0 Å². The van der Waals surface area contributed by atoms with Crippen LogP contribution in [0.1, 0.15) is 51.4 Å². The zero-order valence-corrected chi connectivity index (χ0v) is 15.0. The average molecular weight is 395 g/mol. The topological polar surface area (TPSA) is 59.6 Å². The third-order valence-corrected chi connectivity index (χ3v) is 4.88. The normalized spacial score (nSPS) is 22.1. The maximum atomic E-state index is 5.97. The lowest BCUT2D eigenvalue weighted by molar-refractivity contribution is 0.141. The van der Waals surface area contributed by atoms with Gasteiger partial charge in [0, 0.05) is 26.8 Å². The number of ether oxygens (including phenoxy) is 1. The standard InChI is InChI=1S/C15H29N3O.HI/c1-19-10-9-15(7-2-3-8-15)12-18-14(16)17-11-13-5-4-6-13;/h13H,2-12H2,1H3,(H3,16,17,18);1H. The fourth-order valence-corrected chi connectivity index (χ4v) is 3.19. The van der Waals surface area contributed by atoms with Crippen molar-refractivity contribution in [3.63, 3.8) is 0 Å². The van der Waals surface area contributed by atoms with Gasteiger partial charge < -0.3 is 15.8 Å². The van der Waals surface area contributed by atoms with E-state index in [4.69, 9.17) is 10.5 Å². The summed E-state index contributed by atoms with van der Waals surface area (Å²) in [6.07, 6.45) is 10.4. The van der Waals surface area contributed by atoms with Crippen LogP contribution in [0.5, 0.6) is 0 Å². The number of halogens is 1. The molecule has 0 saturated heterocycles. The molecule has 4 nitrogen and oxygen atoms in total. The van der Waals surface area contributed by atoms with Crippen molar-refractivity contribution in [1.82, 2.24) is 5.32 Å². The van der Waals surface area contributed by atoms with Crippen LogP contribution in [-0.4, -0.2) is 32.8 Å². The van der Waals surface area contributed by atoms with Crippen LogP contribution in [-0.2, 0) is 4.74 Å². The summed E-state index contributed by atoms with van der Waals surface area (Å²) in [5, 5.41) is 3.28. The van der Waals surface area contributed by atoms with E-state index in [1.807, 2.05) is 0 Å². The fourth-order valence-electron chi connectivity index (χ4n) is 3.19. The van der Waals surface area contributed by atoms with Crippen molar-refractivity contribution in [3.8, 4) is 0 Å². The van der Waals surface area contributed by atoms with E-state index in [9.17, 15) is 0 Å². The van der Waals surface area contributed by atoms with E-state index < -0.39 is 0 Å². The maximum absolute atomic E-state index is 5.97. The van der Waals surface area contributed by atoms with Gasteiger partial charge in [-0.15, -0.1) is 24.0 Å². The Bertz CT molecular complexity index is 299. The molecule has 0 amide bonds. The average Bonchev–Trinajstić information content (AvgIpc) is 2.81. The summed E-state index contributed by atoms with van der Waals surface area (Å²) in [6.45, 7) is 2.70. The predicted molar refractivity (Wildman–Crippen MR) is 94.6 cm³/mol. The van der Waals surface area contributed by atoms with E-state index in [2.05, 4.69) is 10.3 Å². The van der Waals surface area contributed by atoms with E-state index in [0.29, 0.717) is 11.4 Å². The Morgan fingerprint density at radius 1 is 1.30 bits per heavy atom. The van der Waals surface area contributed by atoms with Gasteiger partial charge in [-0.2, -0.15) is 0 Å². The molecule has 20 heavy (non-hydrogen) atoms. The molecule has 0 bridgehead atoms. The number of rotatable bonds is 7. The van der Waals surface area contributed by atoms with Crippen LogP contribution in [0.4, 0.5) is 0 Å². The van der Waals surface area contributed by atoms with Gasteiger partial charge in [0.25, 0.3) is 0 Å². The highest BCUT2D eigenvalue weighted by Crippen LogP contribution is 2.41. The summed E-state index contributed by atoms with van der Waals surface area (Å²) < 4.78 is 5.24. The minimum atomic E-state index is 0. The molecule has 0 aromatic heterocycles. The van der Waals surface area contributed by atoms with Gasteiger partial charge in [0.1, 0.15) is 0 Å². The number of nitrogens with zero attached hydrogens (tertiary/aromatic N) is 1. The highest BCUT2D eigenvalue weighted by Gasteiger charge is 2.33. The highest BCUT2D eigenvalue weighted by molar-refractivity contribution is 14.0. The monoisotopic (exact) mass is 395 g/mol. The van der Waals surface area contributed by atoms with Crippen molar-refractivity contribution in [2.75, 3.05) is 26.8 Å². The van der Waals surface area contributed by atoms with Gasteiger partial charge >= 0.3 is 0 Å². The second-order valence-corrected chi connectivity index (χ2v) is 6.33. The first-order valence-electron chi connectivity index (χ1n) is 7.77. The lowest BCUT2D eigenvalue weighted by Crippen LogP contribution is -2.38. The summed E-state index contributed by atoms with van der Waals surface area (Å²) in [5.74, 6) is 1.46. The zero-order valence-electron chi connectivity index (χ0n) is 12.7. The number of guanidine groups is 1. The first-order valence-corrected chi connectivity index (χ1v) is 7.77. The molecule has 2 rings (SSSR count). The number of hydrogen-bond acceptors (Lipinski definition) is 2. The van der Waals surface area contributed by atoms with E-state index in [-0.39, 0.29) is 24.0 Å². The molecule has 0 radical (unpaired) electrons. The van der Waals surface area contributed by atoms with Crippen LogP contribution in [0.2, 0.25) is 0 Å². The van der Waals surface area contributed by atoms with Crippen molar-refractivity contribution in [2.45, 2.75) is 51.4 Å². The van der Waals surface area contributed by atoms with Gasteiger partial charge in [-0.1, -0.05) is 19.3 Å². The van der Waals surface area contributed by atoms with Crippen molar-refractivity contribution in [2.24, 2.45) is 22.1 Å². The minimum absolute atomic E-state index is 0. The van der Waals surface area contributed by atoms with Gasteiger partial charge in [0.2, 0.25) is 0 Å². The summed E-state index contributed by atoms with van der Waals surface area (Å²) in [6, 6.07) is 0. The van der Waals surface area contributed by atoms with Crippen LogP contribution in [0, 0.1) is 11.3 Å². The van der Waals surface area contributed by atoms with Gasteiger partial charge in [-0.3, -0.25) is 4.99 Å². The molecular formula is C15H30IN3O. The quantitative estimate of drug-likeness (QED) is 0.396. The molecule has 0 spiro atoms. The van der Waals surface area contributed by atoms with Crippen LogP contribution < -0.4 is 11.1 Å². The van der Waals surface area contributed by atoms with Gasteiger partial charge in [-0.25, -0.2) is 0 Å². The molecule has 2 fully saturated rings. The Labute approximate surface area is 140 Å². The fraction of sp³-hybridized carbons (Fsp3) is 0.933. The number of methoxy groups -OCH3 is 1. The second-order valence-electron chi connectivity index (χ2n) is 6.33. The molecule has 2 aliphatic rings. The molecule has 0 unspecified atom stereocenters.